The third-order valence-electron chi connectivity index (χ3n) is 3.18. The standard InChI is InChI=1S/C15H29N3OS/c1-5-6-12(9-10-16)7-8-14-17-13(18-19-14)11-20-15(2,3)4/h12H,5-11,16H2,1-4H3. The largest absolute Gasteiger partial charge is 0.339 e. The van der Waals surface area contributed by atoms with Gasteiger partial charge in [-0.05, 0) is 25.3 Å². The van der Waals surface area contributed by atoms with Gasteiger partial charge in [0.2, 0.25) is 5.89 Å². The summed E-state index contributed by atoms with van der Waals surface area (Å²) in [5.41, 5.74) is 5.66. The van der Waals surface area contributed by atoms with Crippen LogP contribution < -0.4 is 5.73 Å². The molecule has 0 saturated carbocycles. The van der Waals surface area contributed by atoms with Gasteiger partial charge in [-0.2, -0.15) is 4.98 Å². The van der Waals surface area contributed by atoms with Gasteiger partial charge in [0, 0.05) is 11.2 Å². The summed E-state index contributed by atoms with van der Waals surface area (Å²) in [5, 5.41) is 4.06. The fourth-order valence-corrected chi connectivity index (χ4v) is 2.82. The van der Waals surface area contributed by atoms with Crippen LogP contribution in [0.15, 0.2) is 4.52 Å². The van der Waals surface area contributed by atoms with E-state index in [1.54, 1.807) is 0 Å². The lowest BCUT2D eigenvalue weighted by Gasteiger charge is -2.15. The maximum Gasteiger partial charge on any atom is 0.226 e. The predicted octanol–water partition coefficient (Wildman–Crippen LogP) is 3.80. The van der Waals surface area contributed by atoms with E-state index >= 15 is 0 Å². The molecule has 0 spiro atoms. The Morgan fingerprint density at radius 1 is 1.25 bits per heavy atom. The normalized spacial score (nSPS) is 13.7. The molecular formula is C15H29N3OS. The highest BCUT2D eigenvalue weighted by Crippen LogP contribution is 2.26. The Balaban J connectivity index is 2.39. The molecule has 1 heterocycles. The number of rotatable bonds is 9. The Hall–Kier alpha value is -0.550. The van der Waals surface area contributed by atoms with Gasteiger partial charge in [-0.15, -0.1) is 11.8 Å². The topological polar surface area (TPSA) is 64.9 Å². The van der Waals surface area contributed by atoms with Crippen molar-refractivity contribution in [2.24, 2.45) is 11.7 Å². The van der Waals surface area contributed by atoms with E-state index in [1.807, 2.05) is 11.8 Å². The summed E-state index contributed by atoms with van der Waals surface area (Å²) >= 11 is 1.84. The molecule has 0 amide bonds. The highest BCUT2D eigenvalue weighted by atomic mass is 32.2. The summed E-state index contributed by atoms with van der Waals surface area (Å²) in [6.07, 6.45) is 5.51. The molecule has 1 aromatic rings. The molecule has 20 heavy (non-hydrogen) atoms. The summed E-state index contributed by atoms with van der Waals surface area (Å²) < 4.78 is 5.56. The smallest absolute Gasteiger partial charge is 0.226 e. The van der Waals surface area contributed by atoms with Crippen molar-refractivity contribution >= 4 is 11.8 Å². The Labute approximate surface area is 127 Å². The maximum absolute atomic E-state index is 5.66. The average molecular weight is 299 g/mol. The van der Waals surface area contributed by atoms with Crippen molar-refractivity contribution in [1.29, 1.82) is 0 Å². The summed E-state index contributed by atoms with van der Waals surface area (Å²) in [5.74, 6) is 3.08. The highest BCUT2D eigenvalue weighted by molar-refractivity contribution is 7.99. The van der Waals surface area contributed by atoms with Gasteiger partial charge in [0.15, 0.2) is 5.82 Å². The Kier molecular flexibility index (Phi) is 7.59. The molecule has 0 aliphatic carbocycles. The molecule has 0 aliphatic heterocycles. The van der Waals surface area contributed by atoms with Crippen LogP contribution in [0.3, 0.4) is 0 Å². The van der Waals surface area contributed by atoms with Gasteiger partial charge >= 0.3 is 0 Å². The number of nitrogens with two attached hydrogens (primary N) is 1. The molecular weight excluding hydrogens is 270 g/mol. The van der Waals surface area contributed by atoms with E-state index in [1.165, 1.54) is 12.8 Å². The van der Waals surface area contributed by atoms with E-state index in [0.717, 1.165) is 43.3 Å². The van der Waals surface area contributed by atoms with Gasteiger partial charge < -0.3 is 10.3 Å². The third kappa shape index (κ3) is 7.29. The zero-order valence-corrected chi connectivity index (χ0v) is 14.1. The van der Waals surface area contributed by atoms with Crippen LogP contribution >= 0.6 is 11.8 Å². The predicted molar refractivity (Wildman–Crippen MR) is 85.7 cm³/mol. The van der Waals surface area contributed by atoms with Gasteiger partial charge in [-0.25, -0.2) is 0 Å². The van der Waals surface area contributed by atoms with Crippen molar-refractivity contribution in [2.75, 3.05) is 6.54 Å². The second-order valence-electron chi connectivity index (χ2n) is 6.28. The van der Waals surface area contributed by atoms with Crippen molar-refractivity contribution in [2.45, 2.75) is 70.3 Å². The molecule has 0 radical (unpaired) electrons. The lowest BCUT2D eigenvalue weighted by atomic mass is 9.94. The monoisotopic (exact) mass is 299 g/mol. The molecule has 0 aliphatic rings. The first-order valence-corrected chi connectivity index (χ1v) is 8.58. The van der Waals surface area contributed by atoms with E-state index in [2.05, 4.69) is 37.8 Å². The van der Waals surface area contributed by atoms with E-state index in [0.29, 0.717) is 5.92 Å². The van der Waals surface area contributed by atoms with Gasteiger partial charge in [0.25, 0.3) is 0 Å². The van der Waals surface area contributed by atoms with E-state index < -0.39 is 0 Å². The number of aromatic nitrogens is 2. The van der Waals surface area contributed by atoms with Gasteiger partial charge in [-0.3, -0.25) is 0 Å². The Morgan fingerprint density at radius 2 is 2.00 bits per heavy atom. The number of nitrogens with zero attached hydrogens (tertiary/aromatic N) is 2. The summed E-state index contributed by atoms with van der Waals surface area (Å²) in [7, 11) is 0. The minimum Gasteiger partial charge on any atom is -0.339 e. The fraction of sp³-hybridized carbons (Fsp3) is 0.867. The van der Waals surface area contributed by atoms with E-state index in [-0.39, 0.29) is 4.75 Å². The quantitative estimate of drug-likeness (QED) is 0.751. The van der Waals surface area contributed by atoms with Crippen LogP contribution in [0.5, 0.6) is 0 Å². The second-order valence-corrected chi connectivity index (χ2v) is 8.08. The molecule has 1 aromatic heterocycles. The highest BCUT2D eigenvalue weighted by Gasteiger charge is 2.15. The molecule has 0 bridgehead atoms. The molecule has 1 rings (SSSR count). The average Bonchev–Trinajstić information content (AvgIpc) is 2.81. The molecule has 1 unspecified atom stereocenters. The molecule has 5 heteroatoms. The molecule has 2 N–H and O–H groups in total. The first kappa shape index (κ1) is 17.5. The van der Waals surface area contributed by atoms with Crippen molar-refractivity contribution in [3.63, 3.8) is 0 Å². The Morgan fingerprint density at radius 3 is 2.60 bits per heavy atom. The minimum absolute atomic E-state index is 0.230. The summed E-state index contributed by atoms with van der Waals surface area (Å²) in [4.78, 5) is 4.48. The number of aryl methyl sites for hydroxylation is 1. The number of hydrogen-bond acceptors (Lipinski definition) is 5. The van der Waals surface area contributed by atoms with Crippen LogP contribution in [0.2, 0.25) is 0 Å². The van der Waals surface area contributed by atoms with Crippen LogP contribution in [0.25, 0.3) is 0 Å². The first-order chi connectivity index (χ1) is 9.44. The van der Waals surface area contributed by atoms with Crippen LogP contribution in [0.1, 0.15) is 65.1 Å². The van der Waals surface area contributed by atoms with Crippen LogP contribution in [-0.4, -0.2) is 21.4 Å². The van der Waals surface area contributed by atoms with Crippen LogP contribution in [-0.2, 0) is 12.2 Å². The van der Waals surface area contributed by atoms with Gasteiger partial charge in [-0.1, -0.05) is 45.7 Å². The van der Waals surface area contributed by atoms with Crippen molar-refractivity contribution < 1.29 is 4.52 Å². The van der Waals surface area contributed by atoms with Gasteiger partial charge in [0.1, 0.15) is 0 Å². The fourth-order valence-electron chi connectivity index (χ4n) is 2.14. The molecule has 4 nitrogen and oxygen atoms in total. The van der Waals surface area contributed by atoms with Crippen LogP contribution in [0, 0.1) is 5.92 Å². The molecule has 1 atom stereocenters. The SMILES string of the molecule is CCCC(CCN)CCc1nc(CSC(C)(C)C)no1. The molecule has 0 fully saturated rings. The third-order valence-corrected chi connectivity index (χ3v) is 4.45. The van der Waals surface area contributed by atoms with Crippen molar-refractivity contribution in [3.05, 3.63) is 11.7 Å². The zero-order chi connectivity index (χ0) is 15.0. The van der Waals surface area contributed by atoms with Crippen molar-refractivity contribution in [3.8, 4) is 0 Å². The van der Waals surface area contributed by atoms with Crippen molar-refractivity contribution in [1.82, 2.24) is 10.1 Å². The maximum atomic E-state index is 5.66. The minimum atomic E-state index is 0.230. The lowest BCUT2D eigenvalue weighted by molar-refractivity contribution is 0.347. The molecule has 0 aromatic carbocycles. The second kappa shape index (κ2) is 8.67. The van der Waals surface area contributed by atoms with Gasteiger partial charge in [0.05, 0.1) is 5.75 Å². The lowest BCUT2D eigenvalue weighted by Crippen LogP contribution is -2.10. The number of hydrogen-bond donors (Lipinski definition) is 1. The Bertz CT molecular complexity index is 367. The number of thioether (sulfide) groups is 1. The zero-order valence-electron chi connectivity index (χ0n) is 13.3. The molecule has 116 valence electrons. The molecule has 0 saturated heterocycles. The van der Waals surface area contributed by atoms with Crippen LogP contribution in [0.4, 0.5) is 0 Å². The van der Waals surface area contributed by atoms with E-state index in [4.69, 9.17) is 10.3 Å². The van der Waals surface area contributed by atoms with E-state index in [9.17, 15) is 0 Å². The summed E-state index contributed by atoms with van der Waals surface area (Å²) in [6.45, 7) is 9.57. The summed E-state index contributed by atoms with van der Waals surface area (Å²) in [6, 6.07) is 0. The first-order valence-electron chi connectivity index (χ1n) is 7.60.